The molecular weight excluding hydrogens is 250 g/mol. The minimum Gasteiger partial charge on any atom is -0.354 e. The zero-order valence-electron chi connectivity index (χ0n) is 12.1. The molecule has 108 valence electrons. The lowest BCUT2D eigenvalue weighted by molar-refractivity contribution is 0.332. The van der Waals surface area contributed by atoms with Crippen molar-refractivity contribution >= 4 is 11.8 Å². The molecule has 2 fully saturated rings. The van der Waals surface area contributed by atoms with Crippen LogP contribution in [-0.2, 0) is 0 Å². The average molecular weight is 273 g/mol. The van der Waals surface area contributed by atoms with Crippen molar-refractivity contribution in [3.63, 3.8) is 0 Å². The molecule has 0 bridgehead atoms. The van der Waals surface area contributed by atoms with E-state index in [1.165, 1.54) is 19.3 Å². The van der Waals surface area contributed by atoms with Crippen LogP contribution in [0.25, 0.3) is 0 Å². The summed E-state index contributed by atoms with van der Waals surface area (Å²) in [5, 5.41) is 3.57. The van der Waals surface area contributed by atoms with E-state index in [0.717, 1.165) is 38.0 Å². The second kappa shape index (κ2) is 6.11. The third-order valence-corrected chi connectivity index (χ3v) is 4.20. The van der Waals surface area contributed by atoms with Gasteiger partial charge in [0.25, 0.3) is 0 Å². The zero-order valence-corrected chi connectivity index (χ0v) is 12.1. The first-order valence-electron chi connectivity index (χ1n) is 7.51. The van der Waals surface area contributed by atoms with Gasteiger partial charge in [0, 0.05) is 45.5 Å². The van der Waals surface area contributed by atoms with Gasteiger partial charge in [-0.15, -0.1) is 0 Å². The number of pyridine rings is 1. The lowest BCUT2D eigenvalue weighted by Gasteiger charge is -2.39. The number of nitrogens with one attached hydrogen (secondary N) is 1. The van der Waals surface area contributed by atoms with Crippen LogP contribution >= 0.6 is 0 Å². The largest absolute Gasteiger partial charge is 0.354 e. The summed E-state index contributed by atoms with van der Waals surface area (Å²) in [7, 11) is 1.88. The molecule has 1 aliphatic heterocycles. The van der Waals surface area contributed by atoms with E-state index in [1.54, 1.807) is 0 Å². The SMILES string of the molecule is CN=C(NC1CCC1)N1CCN(c2ccccn2)CC1. The fourth-order valence-corrected chi connectivity index (χ4v) is 2.72. The topological polar surface area (TPSA) is 43.8 Å². The Morgan fingerprint density at radius 1 is 1.25 bits per heavy atom. The Morgan fingerprint density at radius 3 is 2.60 bits per heavy atom. The Kier molecular flexibility index (Phi) is 4.04. The van der Waals surface area contributed by atoms with E-state index in [4.69, 9.17) is 0 Å². The highest BCUT2D eigenvalue weighted by atomic mass is 15.4. The monoisotopic (exact) mass is 273 g/mol. The van der Waals surface area contributed by atoms with Crippen LogP contribution in [0, 0.1) is 0 Å². The molecule has 0 spiro atoms. The summed E-state index contributed by atoms with van der Waals surface area (Å²) >= 11 is 0. The Hall–Kier alpha value is -1.78. The van der Waals surface area contributed by atoms with E-state index >= 15 is 0 Å². The van der Waals surface area contributed by atoms with Crippen LogP contribution in [0.3, 0.4) is 0 Å². The minimum absolute atomic E-state index is 0.641. The van der Waals surface area contributed by atoms with Crippen molar-refractivity contribution in [3.05, 3.63) is 24.4 Å². The lowest BCUT2D eigenvalue weighted by atomic mass is 9.93. The second-order valence-corrected chi connectivity index (χ2v) is 5.48. The Morgan fingerprint density at radius 2 is 2.05 bits per heavy atom. The number of guanidine groups is 1. The molecule has 1 aromatic heterocycles. The summed E-state index contributed by atoms with van der Waals surface area (Å²) in [4.78, 5) is 13.6. The predicted molar refractivity (Wildman–Crippen MR) is 82.2 cm³/mol. The Bertz CT molecular complexity index is 447. The Balaban J connectivity index is 1.54. The summed E-state index contributed by atoms with van der Waals surface area (Å²) in [6.07, 6.45) is 5.78. The maximum Gasteiger partial charge on any atom is 0.193 e. The average Bonchev–Trinajstić information content (AvgIpc) is 2.48. The van der Waals surface area contributed by atoms with Gasteiger partial charge in [-0.25, -0.2) is 4.98 Å². The first-order valence-corrected chi connectivity index (χ1v) is 7.51. The van der Waals surface area contributed by atoms with Gasteiger partial charge in [0.05, 0.1) is 0 Å². The third-order valence-electron chi connectivity index (χ3n) is 4.20. The van der Waals surface area contributed by atoms with E-state index in [-0.39, 0.29) is 0 Å². The summed E-state index contributed by atoms with van der Waals surface area (Å²) < 4.78 is 0. The van der Waals surface area contributed by atoms with Gasteiger partial charge in [0.2, 0.25) is 0 Å². The van der Waals surface area contributed by atoms with Gasteiger partial charge in [-0.05, 0) is 31.4 Å². The molecule has 2 heterocycles. The van der Waals surface area contributed by atoms with Gasteiger partial charge in [-0.3, -0.25) is 4.99 Å². The van der Waals surface area contributed by atoms with Crippen LogP contribution < -0.4 is 10.2 Å². The van der Waals surface area contributed by atoms with Crippen molar-refractivity contribution in [3.8, 4) is 0 Å². The minimum atomic E-state index is 0.641. The molecule has 0 atom stereocenters. The van der Waals surface area contributed by atoms with Crippen molar-refractivity contribution in [2.24, 2.45) is 4.99 Å². The molecule has 1 N–H and O–H groups in total. The van der Waals surface area contributed by atoms with Crippen LogP contribution in [0.1, 0.15) is 19.3 Å². The van der Waals surface area contributed by atoms with Gasteiger partial charge < -0.3 is 15.1 Å². The third kappa shape index (κ3) is 2.86. The molecular formula is C15H23N5. The molecule has 20 heavy (non-hydrogen) atoms. The lowest BCUT2D eigenvalue weighted by Crippen LogP contribution is -2.55. The van der Waals surface area contributed by atoms with Crippen molar-refractivity contribution in [2.45, 2.75) is 25.3 Å². The van der Waals surface area contributed by atoms with Gasteiger partial charge in [-0.1, -0.05) is 6.07 Å². The van der Waals surface area contributed by atoms with E-state index in [1.807, 2.05) is 25.4 Å². The highest BCUT2D eigenvalue weighted by molar-refractivity contribution is 5.80. The fraction of sp³-hybridized carbons (Fsp3) is 0.600. The molecule has 3 rings (SSSR count). The number of aliphatic imine (C=N–C) groups is 1. The number of hydrogen-bond acceptors (Lipinski definition) is 3. The second-order valence-electron chi connectivity index (χ2n) is 5.48. The normalized spacial score (nSPS) is 20.8. The number of nitrogens with zero attached hydrogens (tertiary/aromatic N) is 4. The molecule has 5 heteroatoms. The van der Waals surface area contributed by atoms with Crippen molar-refractivity contribution in [1.82, 2.24) is 15.2 Å². The number of anilines is 1. The molecule has 0 aromatic carbocycles. The summed E-state index contributed by atoms with van der Waals surface area (Å²) in [5.74, 6) is 2.14. The van der Waals surface area contributed by atoms with E-state index in [9.17, 15) is 0 Å². The molecule has 0 amide bonds. The summed E-state index contributed by atoms with van der Waals surface area (Å²) in [6, 6.07) is 6.73. The maximum atomic E-state index is 4.43. The van der Waals surface area contributed by atoms with Crippen LogP contribution in [0.5, 0.6) is 0 Å². The van der Waals surface area contributed by atoms with E-state index < -0.39 is 0 Å². The molecule has 1 saturated carbocycles. The zero-order chi connectivity index (χ0) is 13.8. The quantitative estimate of drug-likeness (QED) is 0.652. The highest BCUT2D eigenvalue weighted by Gasteiger charge is 2.24. The fourth-order valence-electron chi connectivity index (χ4n) is 2.72. The van der Waals surface area contributed by atoms with Gasteiger partial charge in [-0.2, -0.15) is 0 Å². The molecule has 1 aliphatic carbocycles. The highest BCUT2D eigenvalue weighted by Crippen LogP contribution is 2.19. The van der Waals surface area contributed by atoms with Gasteiger partial charge >= 0.3 is 0 Å². The summed E-state index contributed by atoms with van der Waals surface area (Å²) in [5.41, 5.74) is 0. The molecule has 5 nitrogen and oxygen atoms in total. The van der Waals surface area contributed by atoms with Crippen LogP contribution in [-0.4, -0.2) is 55.1 Å². The van der Waals surface area contributed by atoms with Crippen molar-refractivity contribution in [2.75, 3.05) is 38.1 Å². The van der Waals surface area contributed by atoms with Crippen molar-refractivity contribution in [1.29, 1.82) is 0 Å². The van der Waals surface area contributed by atoms with Gasteiger partial charge in [0.15, 0.2) is 5.96 Å². The number of aromatic nitrogens is 1. The van der Waals surface area contributed by atoms with E-state index in [0.29, 0.717) is 6.04 Å². The van der Waals surface area contributed by atoms with Crippen LogP contribution in [0.4, 0.5) is 5.82 Å². The molecule has 1 aromatic rings. The standard InChI is InChI=1S/C15H23N5/c1-16-15(18-13-5-4-6-13)20-11-9-19(10-12-20)14-7-2-3-8-17-14/h2-3,7-8,13H,4-6,9-12H2,1H3,(H,16,18). The first-order chi connectivity index (χ1) is 9.86. The molecule has 0 unspecified atom stereocenters. The molecule has 1 saturated heterocycles. The first kappa shape index (κ1) is 13.2. The Labute approximate surface area is 120 Å². The maximum absolute atomic E-state index is 4.43. The smallest absolute Gasteiger partial charge is 0.193 e. The molecule has 0 radical (unpaired) electrons. The van der Waals surface area contributed by atoms with E-state index in [2.05, 4.69) is 31.2 Å². The van der Waals surface area contributed by atoms with Crippen LogP contribution in [0.2, 0.25) is 0 Å². The molecule has 2 aliphatic rings. The summed E-state index contributed by atoms with van der Waals surface area (Å²) in [6.45, 7) is 4.01. The van der Waals surface area contributed by atoms with Crippen molar-refractivity contribution < 1.29 is 0 Å². The number of hydrogen-bond donors (Lipinski definition) is 1. The number of rotatable bonds is 2. The number of piperazine rings is 1. The van der Waals surface area contributed by atoms with Crippen LogP contribution in [0.15, 0.2) is 29.4 Å². The van der Waals surface area contributed by atoms with Gasteiger partial charge in [0.1, 0.15) is 5.82 Å². The predicted octanol–water partition coefficient (Wildman–Crippen LogP) is 1.33.